The van der Waals surface area contributed by atoms with Gasteiger partial charge in [-0.2, -0.15) is 0 Å². The number of allylic oxidation sites excluding steroid dienone is 5. The molecule has 1 nitrogen and oxygen atoms in total. The minimum Gasteiger partial charge on any atom is -0.393 e. The summed E-state index contributed by atoms with van der Waals surface area (Å²) < 4.78 is 0. The van der Waals surface area contributed by atoms with Crippen LogP contribution in [0.5, 0.6) is 0 Å². The van der Waals surface area contributed by atoms with Crippen LogP contribution in [0.4, 0.5) is 0 Å². The van der Waals surface area contributed by atoms with E-state index in [0.717, 1.165) is 36.5 Å². The van der Waals surface area contributed by atoms with Crippen molar-refractivity contribution in [2.45, 2.75) is 98.5 Å². The van der Waals surface area contributed by atoms with Crippen molar-refractivity contribution in [3.63, 3.8) is 0 Å². The van der Waals surface area contributed by atoms with Crippen LogP contribution in [0.25, 0.3) is 0 Å². The van der Waals surface area contributed by atoms with Crippen LogP contribution in [0.15, 0.2) is 34.9 Å². The highest BCUT2D eigenvalue weighted by Crippen LogP contribution is 2.66. The molecule has 3 saturated carbocycles. The molecular weight excluding hydrogens is 340 g/mol. The van der Waals surface area contributed by atoms with E-state index in [1.807, 2.05) is 0 Å². The molecule has 156 valence electrons. The molecule has 28 heavy (non-hydrogen) atoms. The van der Waals surface area contributed by atoms with Gasteiger partial charge >= 0.3 is 0 Å². The highest BCUT2D eigenvalue weighted by Gasteiger charge is 2.56. The Morgan fingerprint density at radius 1 is 1.11 bits per heavy atom. The van der Waals surface area contributed by atoms with Gasteiger partial charge in [0.2, 0.25) is 0 Å². The van der Waals surface area contributed by atoms with Crippen molar-refractivity contribution in [3.8, 4) is 0 Å². The lowest BCUT2D eigenvalue weighted by Crippen LogP contribution is -2.46. The fourth-order valence-corrected chi connectivity index (χ4v) is 7.79. The van der Waals surface area contributed by atoms with E-state index in [4.69, 9.17) is 0 Å². The van der Waals surface area contributed by atoms with E-state index in [1.165, 1.54) is 56.1 Å². The minimum absolute atomic E-state index is 0.111. The number of fused-ring (bicyclic) bond motifs is 5. The van der Waals surface area contributed by atoms with Crippen LogP contribution in [0.3, 0.4) is 0 Å². The van der Waals surface area contributed by atoms with Gasteiger partial charge in [-0.3, -0.25) is 0 Å². The van der Waals surface area contributed by atoms with Crippen LogP contribution in [0.2, 0.25) is 0 Å². The SMILES string of the molecule is CC(C)=CCC[C@@H](C)[C@H]1CC[C@@H]2C3=CC=C4C[C@@H](O)CC[C@]4(C)[C@@H]3CC[C@@]21C. The van der Waals surface area contributed by atoms with Gasteiger partial charge in [0, 0.05) is 0 Å². The van der Waals surface area contributed by atoms with Gasteiger partial charge in [0.1, 0.15) is 0 Å². The van der Waals surface area contributed by atoms with Crippen molar-refractivity contribution in [2.75, 3.05) is 0 Å². The third kappa shape index (κ3) is 3.26. The predicted octanol–water partition coefficient (Wildman–Crippen LogP) is 7.23. The molecule has 0 aromatic carbocycles. The molecule has 0 bridgehead atoms. The standard InChI is InChI=1S/C27H42O/c1-18(2)7-6-8-19(3)23-11-12-24-22-10-9-20-17-21(28)13-15-26(20,4)25(22)14-16-27(23,24)5/h7,9-10,19,21,23-25,28H,6,8,11-17H2,1-5H3/t19-,21+,23-,24-,25-,26+,27-/m1/s1. The Morgan fingerprint density at radius 3 is 2.64 bits per heavy atom. The van der Waals surface area contributed by atoms with E-state index >= 15 is 0 Å². The normalized spacial score (nSPS) is 43.2. The van der Waals surface area contributed by atoms with Gasteiger partial charge < -0.3 is 5.11 Å². The van der Waals surface area contributed by atoms with Crippen molar-refractivity contribution in [1.82, 2.24) is 0 Å². The monoisotopic (exact) mass is 382 g/mol. The molecule has 0 saturated heterocycles. The quantitative estimate of drug-likeness (QED) is 0.508. The number of hydrogen-bond acceptors (Lipinski definition) is 1. The van der Waals surface area contributed by atoms with Crippen molar-refractivity contribution >= 4 is 0 Å². The summed E-state index contributed by atoms with van der Waals surface area (Å²) in [6.45, 7) is 12.1. The van der Waals surface area contributed by atoms with E-state index in [2.05, 4.69) is 52.8 Å². The molecule has 7 atom stereocenters. The Kier molecular flexibility index (Phi) is 5.45. The molecule has 0 amide bonds. The highest BCUT2D eigenvalue weighted by atomic mass is 16.3. The summed E-state index contributed by atoms with van der Waals surface area (Å²) in [6, 6.07) is 0. The van der Waals surface area contributed by atoms with Crippen molar-refractivity contribution in [2.24, 2.45) is 34.5 Å². The summed E-state index contributed by atoms with van der Waals surface area (Å²) in [4.78, 5) is 0. The molecule has 4 aliphatic carbocycles. The third-order valence-electron chi connectivity index (χ3n) is 9.48. The Labute approximate surface area is 173 Å². The fourth-order valence-electron chi connectivity index (χ4n) is 7.79. The molecule has 0 unspecified atom stereocenters. The Hall–Kier alpha value is -0.820. The molecule has 4 rings (SSSR count). The summed E-state index contributed by atoms with van der Waals surface area (Å²) in [5.41, 5.74) is 5.60. The number of hydrogen-bond donors (Lipinski definition) is 1. The molecule has 0 spiro atoms. The minimum atomic E-state index is -0.111. The average Bonchev–Trinajstić information content (AvgIpc) is 2.99. The van der Waals surface area contributed by atoms with Gasteiger partial charge in [0.25, 0.3) is 0 Å². The molecule has 1 N–H and O–H groups in total. The molecule has 0 heterocycles. The zero-order valence-electron chi connectivity index (χ0n) is 18.9. The van der Waals surface area contributed by atoms with Crippen LogP contribution in [-0.4, -0.2) is 11.2 Å². The molecule has 0 aliphatic heterocycles. The molecule has 0 aromatic rings. The van der Waals surface area contributed by atoms with E-state index < -0.39 is 0 Å². The fraction of sp³-hybridized carbons (Fsp3) is 0.778. The van der Waals surface area contributed by atoms with Crippen LogP contribution in [0.1, 0.15) is 92.4 Å². The first kappa shape index (κ1) is 20.5. The summed E-state index contributed by atoms with van der Waals surface area (Å²) >= 11 is 0. The average molecular weight is 383 g/mol. The second-order valence-corrected chi connectivity index (χ2v) is 11.3. The van der Waals surface area contributed by atoms with Gasteiger partial charge in [-0.05, 0) is 106 Å². The first-order valence-electron chi connectivity index (χ1n) is 12.0. The molecule has 0 radical (unpaired) electrons. The molecule has 1 heteroatoms. The first-order valence-corrected chi connectivity index (χ1v) is 12.0. The topological polar surface area (TPSA) is 20.2 Å². The molecule has 3 fully saturated rings. The first-order chi connectivity index (χ1) is 13.3. The second-order valence-electron chi connectivity index (χ2n) is 11.3. The van der Waals surface area contributed by atoms with Gasteiger partial charge in [-0.25, -0.2) is 0 Å². The number of aliphatic hydroxyl groups excluding tert-OH is 1. The Balaban J connectivity index is 1.55. The van der Waals surface area contributed by atoms with Crippen LogP contribution in [0, 0.1) is 34.5 Å². The van der Waals surface area contributed by atoms with Gasteiger partial charge in [-0.1, -0.05) is 55.7 Å². The zero-order chi connectivity index (χ0) is 20.1. The highest BCUT2D eigenvalue weighted by molar-refractivity contribution is 5.38. The molecule has 4 aliphatic rings. The summed E-state index contributed by atoms with van der Waals surface area (Å²) in [5.74, 6) is 3.25. The smallest absolute Gasteiger partial charge is 0.0578 e. The lowest BCUT2D eigenvalue weighted by atomic mass is 9.50. The van der Waals surface area contributed by atoms with Crippen LogP contribution in [-0.2, 0) is 0 Å². The van der Waals surface area contributed by atoms with Crippen molar-refractivity contribution in [3.05, 3.63) is 34.9 Å². The van der Waals surface area contributed by atoms with E-state index in [-0.39, 0.29) is 6.10 Å². The summed E-state index contributed by atoms with van der Waals surface area (Å²) in [5, 5.41) is 10.2. The number of aliphatic hydroxyl groups is 1. The number of rotatable bonds is 4. The van der Waals surface area contributed by atoms with Crippen molar-refractivity contribution in [1.29, 1.82) is 0 Å². The third-order valence-corrected chi connectivity index (χ3v) is 9.48. The predicted molar refractivity (Wildman–Crippen MR) is 119 cm³/mol. The lowest BCUT2D eigenvalue weighted by molar-refractivity contribution is 0.0328. The van der Waals surface area contributed by atoms with Gasteiger partial charge in [0.05, 0.1) is 6.10 Å². The maximum Gasteiger partial charge on any atom is 0.0578 e. The second kappa shape index (κ2) is 7.46. The summed E-state index contributed by atoms with van der Waals surface area (Å²) in [7, 11) is 0. The van der Waals surface area contributed by atoms with E-state index in [9.17, 15) is 5.11 Å². The van der Waals surface area contributed by atoms with Gasteiger partial charge in [-0.15, -0.1) is 0 Å². The Bertz CT molecular complexity index is 693. The van der Waals surface area contributed by atoms with Gasteiger partial charge in [0.15, 0.2) is 0 Å². The lowest BCUT2D eigenvalue weighted by Gasteiger charge is -2.55. The molecular formula is C27H42O. The van der Waals surface area contributed by atoms with Crippen LogP contribution < -0.4 is 0 Å². The van der Waals surface area contributed by atoms with E-state index in [0.29, 0.717) is 10.8 Å². The summed E-state index contributed by atoms with van der Waals surface area (Å²) in [6.07, 6.45) is 18.5. The Morgan fingerprint density at radius 2 is 1.89 bits per heavy atom. The van der Waals surface area contributed by atoms with E-state index in [1.54, 1.807) is 5.57 Å². The maximum absolute atomic E-state index is 10.2. The zero-order valence-corrected chi connectivity index (χ0v) is 18.9. The molecule has 0 aromatic heterocycles. The van der Waals surface area contributed by atoms with Crippen molar-refractivity contribution < 1.29 is 5.11 Å². The largest absolute Gasteiger partial charge is 0.393 e. The maximum atomic E-state index is 10.2. The van der Waals surface area contributed by atoms with Crippen LogP contribution >= 0.6 is 0 Å².